The van der Waals surface area contributed by atoms with E-state index in [1.54, 1.807) is 6.92 Å². The van der Waals surface area contributed by atoms with Crippen LogP contribution in [0, 0.1) is 18.2 Å². The number of rotatable bonds is 2. The molecule has 0 radical (unpaired) electrons. The fourth-order valence-electron chi connectivity index (χ4n) is 2.04. The highest BCUT2D eigenvalue weighted by molar-refractivity contribution is 5.42. The number of nitrogens with zero attached hydrogens (tertiary/aromatic N) is 3. The van der Waals surface area contributed by atoms with E-state index in [-0.39, 0.29) is 11.2 Å². The van der Waals surface area contributed by atoms with Crippen molar-refractivity contribution in [2.24, 2.45) is 11.1 Å². The molecule has 4 nitrogen and oxygen atoms in total. The van der Waals surface area contributed by atoms with Gasteiger partial charge < -0.3 is 10.6 Å². The lowest BCUT2D eigenvalue weighted by molar-refractivity contribution is 0.383. The van der Waals surface area contributed by atoms with Crippen molar-refractivity contribution in [2.45, 2.75) is 20.3 Å². The predicted molar refractivity (Wildman–Crippen MR) is 60.7 cm³/mol. The first kappa shape index (κ1) is 11.3. The first-order chi connectivity index (χ1) is 7.56. The Balaban J connectivity index is 2.24. The zero-order valence-electron chi connectivity index (χ0n) is 9.70. The zero-order valence-corrected chi connectivity index (χ0v) is 9.70. The van der Waals surface area contributed by atoms with E-state index in [2.05, 4.69) is 16.9 Å². The maximum atomic E-state index is 13.8. The molecule has 0 aliphatic carbocycles. The Morgan fingerprint density at radius 3 is 2.94 bits per heavy atom. The Morgan fingerprint density at radius 2 is 2.31 bits per heavy atom. The summed E-state index contributed by atoms with van der Waals surface area (Å²) in [6.45, 7) is 5.96. The van der Waals surface area contributed by atoms with E-state index in [9.17, 15) is 4.39 Å². The normalized spacial score (nSPS) is 25.1. The molecule has 1 atom stereocenters. The van der Waals surface area contributed by atoms with Gasteiger partial charge in [-0.15, -0.1) is 0 Å². The molecule has 1 saturated heterocycles. The molecule has 16 heavy (non-hydrogen) atoms. The van der Waals surface area contributed by atoms with Crippen LogP contribution < -0.4 is 10.6 Å². The molecule has 0 amide bonds. The van der Waals surface area contributed by atoms with Gasteiger partial charge in [-0.25, -0.2) is 14.4 Å². The SMILES string of the molecule is Cc1ncnc(N2CCC(C)(CN)C2)c1F. The standard InChI is InChI=1S/C11H17FN4/c1-8-9(12)10(15-7-14-8)16-4-3-11(2,5-13)6-16/h7H,3-6,13H2,1-2H3. The van der Waals surface area contributed by atoms with Crippen LogP contribution in [-0.4, -0.2) is 29.6 Å². The van der Waals surface area contributed by atoms with E-state index >= 15 is 0 Å². The smallest absolute Gasteiger partial charge is 0.186 e. The summed E-state index contributed by atoms with van der Waals surface area (Å²) in [7, 11) is 0. The van der Waals surface area contributed by atoms with E-state index in [0.717, 1.165) is 19.5 Å². The maximum absolute atomic E-state index is 13.8. The van der Waals surface area contributed by atoms with Crippen molar-refractivity contribution < 1.29 is 4.39 Å². The molecule has 0 bridgehead atoms. The fourth-order valence-corrected chi connectivity index (χ4v) is 2.04. The second kappa shape index (κ2) is 3.97. The van der Waals surface area contributed by atoms with Crippen LogP contribution in [0.5, 0.6) is 0 Å². The summed E-state index contributed by atoms with van der Waals surface area (Å²) in [4.78, 5) is 9.80. The second-order valence-corrected chi connectivity index (χ2v) is 4.78. The van der Waals surface area contributed by atoms with Gasteiger partial charge in [0.15, 0.2) is 11.6 Å². The molecule has 2 rings (SSSR count). The number of aryl methyl sites for hydroxylation is 1. The number of anilines is 1. The van der Waals surface area contributed by atoms with Crippen LogP contribution in [0.4, 0.5) is 10.2 Å². The molecule has 1 aromatic heterocycles. The molecular weight excluding hydrogens is 207 g/mol. The molecule has 2 N–H and O–H groups in total. The van der Waals surface area contributed by atoms with Crippen LogP contribution >= 0.6 is 0 Å². The van der Waals surface area contributed by atoms with E-state index in [4.69, 9.17) is 5.73 Å². The minimum atomic E-state index is -0.316. The average molecular weight is 224 g/mol. The summed E-state index contributed by atoms with van der Waals surface area (Å²) < 4.78 is 13.8. The van der Waals surface area contributed by atoms with Gasteiger partial charge >= 0.3 is 0 Å². The summed E-state index contributed by atoms with van der Waals surface area (Å²) in [5, 5.41) is 0. The predicted octanol–water partition coefficient (Wildman–Crippen LogP) is 1.10. The summed E-state index contributed by atoms with van der Waals surface area (Å²) in [6, 6.07) is 0. The van der Waals surface area contributed by atoms with Crippen LogP contribution in [-0.2, 0) is 0 Å². The van der Waals surface area contributed by atoms with Crippen LogP contribution in [0.1, 0.15) is 19.0 Å². The molecule has 1 aliphatic rings. The van der Waals surface area contributed by atoms with Gasteiger partial charge in [-0.1, -0.05) is 6.92 Å². The second-order valence-electron chi connectivity index (χ2n) is 4.78. The number of aromatic nitrogens is 2. The number of hydrogen-bond acceptors (Lipinski definition) is 4. The highest BCUT2D eigenvalue weighted by Gasteiger charge is 2.34. The Labute approximate surface area is 94.7 Å². The topological polar surface area (TPSA) is 55.0 Å². The number of nitrogens with two attached hydrogens (primary N) is 1. The Morgan fingerprint density at radius 1 is 1.56 bits per heavy atom. The van der Waals surface area contributed by atoms with E-state index in [1.807, 2.05) is 4.90 Å². The Hall–Kier alpha value is -1.23. The van der Waals surface area contributed by atoms with Crippen LogP contribution in [0.2, 0.25) is 0 Å². The van der Waals surface area contributed by atoms with E-state index < -0.39 is 0 Å². The highest BCUT2D eigenvalue weighted by Crippen LogP contribution is 2.32. The van der Waals surface area contributed by atoms with Gasteiger partial charge in [0.2, 0.25) is 0 Å². The summed E-state index contributed by atoms with van der Waals surface area (Å²) in [5.41, 5.74) is 6.19. The third kappa shape index (κ3) is 1.87. The van der Waals surface area contributed by atoms with Gasteiger partial charge in [-0.3, -0.25) is 0 Å². The fraction of sp³-hybridized carbons (Fsp3) is 0.636. The maximum Gasteiger partial charge on any atom is 0.186 e. The summed E-state index contributed by atoms with van der Waals surface area (Å²) >= 11 is 0. The largest absolute Gasteiger partial charge is 0.353 e. The third-order valence-electron chi connectivity index (χ3n) is 3.30. The van der Waals surface area contributed by atoms with Crippen molar-refractivity contribution in [3.05, 3.63) is 17.8 Å². The van der Waals surface area contributed by atoms with Gasteiger partial charge in [0, 0.05) is 13.1 Å². The molecule has 2 heterocycles. The average Bonchev–Trinajstić information content (AvgIpc) is 2.66. The van der Waals surface area contributed by atoms with Crippen LogP contribution in [0.25, 0.3) is 0 Å². The minimum Gasteiger partial charge on any atom is -0.353 e. The van der Waals surface area contributed by atoms with Crippen molar-refractivity contribution in [1.82, 2.24) is 9.97 Å². The number of hydrogen-bond donors (Lipinski definition) is 1. The zero-order chi connectivity index (χ0) is 11.8. The monoisotopic (exact) mass is 224 g/mol. The quantitative estimate of drug-likeness (QED) is 0.817. The molecule has 1 aliphatic heterocycles. The minimum absolute atomic E-state index is 0.0747. The molecule has 1 aromatic rings. The van der Waals surface area contributed by atoms with E-state index in [1.165, 1.54) is 6.33 Å². The summed E-state index contributed by atoms with van der Waals surface area (Å²) in [6.07, 6.45) is 2.39. The first-order valence-corrected chi connectivity index (χ1v) is 5.48. The van der Waals surface area contributed by atoms with Gasteiger partial charge in [-0.2, -0.15) is 0 Å². The van der Waals surface area contributed by atoms with Crippen LogP contribution in [0.15, 0.2) is 6.33 Å². The Kier molecular flexibility index (Phi) is 2.80. The summed E-state index contributed by atoms with van der Waals surface area (Å²) in [5.74, 6) is 0.0912. The lowest BCUT2D eigenvalue weighted by Crippen LogP contribution is -2.32. The van der Waals surface area contributed by atoms with E-state index in [0.29, 0.717) is 18.1 Å². The van der Waals surface area contributed by atoms with Gasteiger partial charge in [0.25, 0.3) is 0 Å². The van der Waals surface area contributed by atoms with Gasteiger partial charge in [-0.05, 0) is 25.3 Å². The molecule has 0 spiro atoms. The lowest BCUT2D eigenvalue weighted by atomic mass is 9.90. The number of halogens is 1. The van der Waals surface area contributed by atoms with Crippen molar-refractivity contribution in [1.29, 1.82) is 0 Å². The van der Waals surface area contributed by atoms with Crippen LogP contribution in [0.3, 0.4) is 0 Å². The van der Waals surface area contributed by atoms with Crippen molar-refractivity contribution in [3.63, 3.8) is 0 Å². The Bertz CT molecular complexity index is 396. The first-order valence-electron chi connectivity index (χ1n) is 5.48. The van der Waals surface area contributed by atoms with Crippen molar-refractivity contribution in [2.75, 3.05) is 24.5 Å². The van der Waals surface area contributed by atoms with Crippen molar-refractivity contribution >= 4 is 5.82 Å². The molecule has 1 fully saturated rings. The highest BCUT2D eigenvalue weighted by atomic mass is 19.1. The molecule has 0 aromatic carbocycles. The van der Waals surface area contributed by atoms with Gasteiger partial charge in [0.05, 0.1) is 5.69 Å². The van der Waals surface area contributed by atoms with Gasteiger partial charge in [0.1, 0.15) is 6.33 Å². The molecule has 88 valence electrons. The molecule has 1 unspecified atom stereocenters. The molecular formula is C11H17FN4. The van der Waals surface area contributed by atoms with Crippen molar-refractivity contribution in [3.8, 4) is 0 Å². The molecule has 0 saturated carbocycles. The lowest BCUT2D eigenvalue weighted by Gasteiger charge is -2.23. The third-order valence-corrected chi connectivity index (χ3v) is 3.30. The molecule has 5 heteroatoms.